The molecule has 19 heavy (non-hydrogen) atoms. The maximum Gasteiger partial charge on any atom is 0.0462 e. The van der Waals surface area contributed by atoms with Crippen LogP contribution in [0.5, 0.6) is 0 Å². The molecule has 1 aromatic carbocycles. The molecular formula is C16H26ClNO. The second kappa shape index (κ2) is 7.88. The number of methoxy groups -OCH3 is 1. The SMILES string of the molecule is COCCCC(CNC(C)(C)C)c1ccccc1Cl. The molecule has 0 radical (unpaired) electrons. The third-order valence-electron chi connectivity index (χ3n) is 3.12. The summed E-state index contributed by atoms with van der Waals surface area (Å²) in [7, 11) is 1.75. The van der Waals surface area contributed by atoms with Gasteiger partial charge >= 0.3 is 0 Å². The molecule has 3 heteroatoms. The Bertz CT molecular complexity index is 373. The average molecular weight is 284 g/mol. The Hall–Kier alpha value is -0.570. The van der Waals surface area contributed by atoms with Crippen LogP contribution in [0.3, 0.4) is 0 Å². The van der Waals surface area contributed by atoms with Crippen LogP contribution in [0.15, 0.2) is 24.3 Å². The van der Waals surface area contributed by atoms with E-state index in [1.165, 1.54) is 5.56 Å². The summed E-state index contributed by atoms with van der Waals surface area (Å²) in [6.07, 6.45) is 2.14. The fourth-order valence-corrected chi connectivity index (χ4v) is 2.37. The van der Waals surface area contributed by atoms with Crippen molar-refractivity contribution >= 4 is 11.6 Å². The first-order valence-electron chi connectivity index (χ1n) is 6.92. The number of halogens is 1. The van der Waals surface area contributed by atoms with Gasteiger partial charge in [-0.15, -0.1) is 0 Å². The van der Waals surface area contributed by atoms with E-state index in [-0.39, 0.29) is 5.54 Å². The van der Waals surface area contributed by atoms with E-state index in [0.29, 0.717) is 5.92 Å². The van der Waals surface area contributed by atoms with E-state index < -0.39 is 0 Å². The largest absolute Gasteiger partial charge is 0.385 e. The maximum atomic E-state index is 6.32. The normalized spacial score (nSPS) is 13.5. The molecule has 1 atom stereocenters. The van der Waals surface area contributed by atoms with Crippen LogP contribution in [0.2, 0.25) is 5.02 Å². The Kier molecular flexibility index (Phi) is 6.84. The molecule has 1 rings (SSSR count). The summed E-state index contributed by atoms with van der Waals surface area (Å²) >= 11 is 6.32. The number of nitrogens with one attached hydrogen (secondary N) is 1. The van der Waals surface area contributed by atoms with Crippen molar-refractivity contribution in [1.29, 1.82) is 0 Å². The molecule has 0 aliphatic carbocycles. The Balaban J connectivity index is 2.71. The van der Waals surface area contributed by atoms with E-state index in [0.717, 1.165) is 31.0 Å². The Morgan fingerprint density at radius 2 is 1.95 bits per heavy atom. The van der Waals surface area contributed by atoms with Gasteiger partial charge in [-0.25, -0.2) is 0 Å². The number of hydrogen-bond acceptors (Lipinski definition) is 2. The molecule has 1 N–H and O–H groups in total. The quantitative estimate of drug-likeness (QED) is 0.756. The van der Waals surface area contributed by atoms with Crippen LogP contribution in [0, 0.1) is 0 Å². The van der Waals surface area contributed by atoms with Crippen molar-refractivity contribution < 1.29 is 4.74 Å². The highest BCUT2D eigenvalue weighted by atomic mass is 35.5. The smallest absolute Gasteiger partial charge is 0.0462 e. The molecule has 2 nitrogen and oxygen atoms in total. The van der Waals surface area contributed by atoms with Crippen molar-refractivity contribution in [1.82, 2.24) is 5.32 Å². The maximum absolute atomic E-state index is 6.32. The molecule has 108 valence electrons. The topological polar surface area (TPSA) is 21.3 Å². The van der Waals surface area contributed by atoms with Gasteiger partial charge < -0.3 is 10.1 Å². The summed E-state index contributed by atoms with van der Waals surface area (Å²) in [5, 5.41) is 4.44. The van der Waals surface area contributed by atoms with Crippen LogP contribution in [-0.4, -0.2) is 25.8 Å². The van der Waals surface area contributed by atoms with Crippen molar-refractivity contribution in [2.75, 3.05) is 20.3 Å². The summed E-state index contributed by atoms with van der Waals surface area (Å²) in [6, 6.07) is 8.14. The minimum atomic E-state index is 0.126. The van der Waals surface area contributed by atoms with E-state index in [1.807, 2.05) is 12.1 Å². The van der Waals surface area contributed by atoms with Crippen LogP contribution >= 0.6 is 11.6 Å². The summed E-state index contributed by atoms with van der Waals surface area (Å²) in [5.74, 6) is 0.433. The molecule has 1 aromatic rings. The van der Waals surface area contributed by atoms with Crippen molar-refractivity contribution in [2.45, 2.75) is 45.1 Å². The molecule has 0 saturated heterocycles. The summed E-state index contributed by atoms with van der Waals surface area (Å²) in [5.41, 5.74) is 1.36. The van der Waals surface area contributed by atoms with E-state index in [2.05, 4.69) is 38.2 Å². The first-order valence-corrected chi connectivity index (χ1v) is 7.30. The predicted octanol–water partition coefficient (Wildman–Crippen LogP) is 4.24. The van der Waals surface area contributed by atoms with Crippen LogP contribution in [0.1, 0.15) is 45.1 Å². The summed E-state index contributed by atoms with van der Waals surface area (Å²) in [4.78, 5) is 0. The third-order valence-corrected chi connectivity index (χ3v) is 3.47. The zero-order chi connectivity index (χ0) is 14.3. The third kappa shape index (κ3) is 6.42. The monoisotopic (exact) mass is 283 g/mol. The molecule has 0 spiro atoms. The van der Waals surface area contributed by atoms with Gasteiger partial charge in [-0.2, -0.15) is 0 Å². The first-order chi connectivity index (χ1) is 8.94. The molecule has 0 aliphatic heterocycles. The van der Waals surface area contributed by atoms with Gasteiger partial charge in [0, 0.05) is 30.8 Å². The number of hydrogen-bond donors (Lipinski definition) is 1. The first kappa shape index (κ1) is 16.5. The number of benzene rings is 1. The molecule has 0 aromatic heterocycles. The average Bonchev–Trinajstić information content (AvgIpc) is 2.33. The fraction of sp³-hybridized carbons (Fsp3) is 0.625. The highest BCUT2D eigenvalue weighted by Gasteiger charge is 2.17. The highest BCUT2D eigenvalue weighted by molar-refractivity contribution is 6.31. The van der Waals surface area contributed by atoms with Gasteiger partial charge in [-0.1, -0.05) is 29.8 Å². The van der Waals surface area contributed by atoms with Gasteiger partial charge in [0.1, 0.15) is 0 Å². The molecule has 1 unspecified atom stereocenters. The molecule has 0 saturated carbocycles. The van der Waals surface area contributed by atoms with E-state index >= 15 is 0 Å². The fourth-order valence-electron chi connectivity index (χ4n) is 2.08. The van der Waals surface area contributed by atoms with E-state index in [1.54, 1.807) is 7.11 Å². The standard InChI is InChI=1S/C16H26ClNO/c1-16(2,3)18-12-13(8-7-11-19-4)14-9-5-6-10-15(14)17/h5-6,9-10,13,18H,7-8,11-12H2,1-4H3. The molecule has 0 heterocycles. The summed E-state index contributed by atoms with van der Waals surface area (Å²) in [6.45, 7) is 8.30. The van der Waals surface area contributed by atoms with Crippen molar-refractivity contribution in [2.24, 2.45) is 0 Å². The van der Waals surface area contributed by atoms with Crippen LogP contribution in [0.4, 0.5) is 0 Å². The Morgan fingerprint density at radius 3 is 2.53 bits per heavy atom. The van der Waals surface area contributed by atoms with Crippen molar-refractivity contribution in [3.8, 4) is 0 Å². The lowest BCUT2D eigenvalue weighted by atomic mass is 9.93. The molecule has 0 fully saturated rings. The van der Waals surface area contributed by atoms with Gasteiger partial charge in [-0.3, -0.25) is 0 Å². The van der Waals surface area contributed by atoms with Gasteiger partial charge in [0.2, 0.25) is 0 Å². The molecular weight excluding hydrogens is 258 g/mol. The van der Waals surface area contributed by atoms with Crippen molar-refractivity contribution in [3.05, 3.63) is 34.9 Å². The minimum Gasteiger partial charge on any atom is -0.385 e. The zero-order valence-electron chi connectivity index (χ0n) is 12.5. The zero-order valence-corrected chi connectivity index (χ0v) is 13.3. The van der Waals surface area contributed by atoms with Crippen LogP contribution in [0.25, 0.3) is 0 Å². The van der Waals surface area contributed by atoms with E-state index in [9.17, 15) is 0 Å². The van der Waals surface area contributed by atoms with Gasteiger partial charge in [0.25, 0.3) is 0 Å². The predicted molar refractivity (Wildman–Crippen MR) is 83.1 cm³/mol. The van der Waals surface area contributed by atoms with E-state index in [4.69, 9.17) is 16.3 Å². The number of ether oxygens (including phenoxy) is 1. The Labute approximate surface area is 122 Å². The lowest BCUT2D eigenvalue weighted by Gasteiger charge is -2.26. The summed E-state index contributed by atoms with van der Waals surface area (Å²) < 4.78 is 5.15. The Morgan fingerprint density at radius 1 is 1.26 bits per heavy atom. The second-order valence-corrected chi connectivity index (χ2v) is 6.39. The van der Waals surface area contributed by atoms with Crippen molar-refractivity contribution in [3.63, 3.8) is 0 Å². The van der Waals surface area contributed by atoms with Crippen LogP contribution in [-0.2, 0) is 4.74 Å². The lowest BCUT2D eigenvalue weighted by molar-refractivity contribution is 0.189. The highest BCUT2D eigenvalue weighted by Crippen LogP contribution is 2.28. The molecule has 0 bridgehead atoms. The van der Waals surface area contributed by atoms with Gasteiger partial charge in [0.05, 0.1) is 0 Å². The second-order valence-electron chi connectivity index (χ2n) is 5.98. The minimum absolute atomic E-state index is 0.126. The molecule has 0 aliphatic rings. The van der Waals surface area contributed by atoms with Gasteiger partial charge in [0.15, 0.2) is 0 Å². The lowest BCUT2D eigenvalue weighted by Crippen LogP contribution is -2.38. The molecule has 0 amide bonds. The van der Waals surface area contributed by atoms with Gasteiger partial charge in [-0.05, 0) is 51.2 Å². The van der Waals surface area contributed by atoms with Crippen LogP contribution < -0.4 is 5.32 Å². The number of rotatable bonds is 7.